The number of fused-ring (bicyclic) bond motifs is 2. The average molecular weight is 921 g/mol. The summed E-state index contributed by atoms with van der Waals surface area (Å²) < 4.78 is 11.3. The Kier molecular flexibility index (Phi) is 15.3. The van der Waals surface area contributed by atoms with Crippen LogP contribution in [0.3, 0.4) is 0 Å². The lowest BCUT2D eigenvalue weighted by Crippen LogP contribution is -2.04. The molecule has 0 spiro atoms. The minimum absolute atomic E-state index is 0.128. The van der Waals surface area contributed by atoms with Gasteiger partial charge in [-0.05, 0) is 147 Å². The minimum atomic E-state index is -0.128. The van der Waals surface area contributed by atoms with Crippen LogP contribution in [0.4, 0.5) is 0 Å². The third kappa shape index (κ3) is 10.3. The number of benzene rings is 9. The molecule has 70 heavy (non-hydrogen) atoms. The van der Waals surface area contributed by atoms with Crippen LogP contribution < -0.4 is 0 Å². The highest BCUT2D eigenvalue weighted by Gasteiger charge is 2.21. The summed E-state index contributed by atoms with van der Waals surface area (Å²) in [4.78, 5) is 25.0. The summed E-state index contributed by atoms with van der Waals surface area (Å²) in [7, 11) is 0. The van der Waals surface area contributed by atoms with Crippen molar-refractivity contribution in [3.05, 3.63) is 181 Å². The van der Waals surface area contributed by atoms with Crippen molar-refractivity contribution >= 4 is 67.2 Å². The largest absolute Gasteiger partial charge is 0.461 e. The van der Waals surface area contributed by atoms with Crippen molar-refractivity contribution in [2.24, 2.45) is 0 Å². The van der Waals surface area contributed by atoms with E-state index in [1.807, 2.05) is 12.2 Å². The van der Waals surface area contributed by atoms with Crippen molar-refractivity contribution in [2.75, 3.05) is 0 Å². The van der Waals surface area contributed by atoms with E-state index in [1.165, 1.54) is 81.6 Å². The number of unbranched alkanes of at least 4 members (excludes halogenated alkanes) is 8. The first kappa shape index (κ1) is 47.8. The number of rotatable bonds is 22. The van der Waals surface area contributed by atoms with E-state index in [4.69, 9.17) is 9.47 Å². The number of ether oxygens (including phenoxy) is 2. The Balaban J connectivity index is 1.06. The molecule has 9 aromatic carbocycles. The Morgan fingerprint density at radius 1 is 0.400 bits per heavy atom. The fourth-order valence-electron chi connectivity index (χ4n) is 10.3. The second-order valence-corrected chi connectivity index (χ2v) is 18.8. The van der Waals surface area contributed by atoms with Gasteiger partial charge in [0.25, 0.3) is 0 Å². The Morgan fingerprint density at radius 2 is 0.771 bits per heavy atom. The van der Waals surface area contributed by atoms with E-state index in [9.17, 15) is 9.59 Å². The smallest absolute Gasteiger partial charge is 0.306 e. The molecule has 0 N–H and O–H groups in total. The molecule has 0 heterocycles. The summed E-state index contributed by atoms with van der Waals surface area (Å²) in [6.45, 7) is 13.5. The zero-order valence-electron chi connectivity index (χ0n) is 41.0. The molecule has 9 aromatic rings. The molecule has 0 saturated heterocycles. The summed E-state index contributed by atoms with van der Waals surface area (Å²) in [6.07, 6.45) is 15.9. The van der Waals surface area contributed by atoms with Gasteiger partial charge in [0.1, 0.15) is 13.2 Å². The molecular formula is C66H64O4. The minimum Gasteiger partial charge on any atom is -0.461 e. The Bertz CT molecular complexity index is 3080. The zero-order valence-corrected chi connectivity index (χ0v) is 41.0. The van der Waals surface area contributed by atoms with Gasteiger partial charge in [0.2, 0.25) is 0 Å². The van der Waals surface area contributed by atoms with Gasteiger partial charge in [0, 0.05) is 12.8 Å². The molecule has 0 aliphatic heterocycles. The maximum atomic E-state index is 12.5. The number of esters is 2. The van der Waals surface area contributed by atoms with Crippen molar-refractivity contribution < 1.29 is 19.1 Å². The quantitative estimate of drug-likeness (QED) is 0.0294. The van der Waals surface area contributed by atoms with Crippen LogP contribution in [0.5, 0.6) is 0 Å². The standard InChI is InChI=1S/C66H64O4/c1-5-9-11-13-15-25-63(67)69-43-47-27-31-49(32-28-47)51-21-17-19-23-53(51)55-35-37-57-62-42-46(8-4)40-60-56(36-38-58(66(60)62)61-41-45(7-3)39-59(55)65(57)61)54-24-20-18-22-52(54)50-33-29-48(30-34-50)44-70-64(68)26-16-14-12-10-6-2/h7-8,17-24,27-42H,3-6,9-16,25-26,43-44H2,1-2H3. The van der Waals surface area contributed by atoms with E-state index < -0.39 is 0 Å². The van der Waals surface area contributed by atoms with E-state index in [0.29, 0.717) is 12.8 Å². The zero-order chi connectivity index (χ0) is 48.4. The third-order valence-corrected chi connectivity index (χ3v) is 14.1. The second-order valence-electron chi connectivity index (χ2n) is 18.8. The lowest BCUT2D eigenvalue weighted by molar-refractivity contribution is -0.146. The van der Waals surface area contributed by atoms with E-state index in [2.05, 4.69) is 173 Å². The van der Waals surface area contributed by atoms with Gasteiger partial charge in [-0.2, -0.15) is 0 Å². The van der Waals surface area contributed by atoms with Crippen LogP contribution in [0, 0.1) is 0 Å². The van der Waals surface area contributed by atoms with Gasteiger partial charge in [-0.1, -0.05) is 212 Å². The van der Waals surface area contributed by atoms with Crippen molar-refractivity contribution in [3.63, 3.8) is 0 Å². The van der Waals surface area contributed by atoms with Gasteiger partial charge >= 0.3 is 11.9 Å². The molecule has 0 atom stereocenters. The molecule has 0 radical (unpaired) electrons. The Morgan fingerprint density at radius 3 is 1.16 bits per heavy atom. The number of carbonyl (C=O) groups excluding carboxylic acids is 2. The van der Waals surface area contributed by atoms with Gasteiger partial charge in [-0.25, -0.2) is 0 Å². The van der Waals surface area contributed by atoms with E-state index >= 15 is 0 Å². The van der Waals surface area contributed by atoms with Crippen LogP contribution in [0.2, 0.25) is 0 Å². The predicted octanol–water partition coefficient (Wildman–Crippen LogP) is 18.5. The van der Waals surface area contributed by atoms with Crippen molar-refractivity contribution in [3.8, 4) is 44.5 Å². The fourth-order valence-corrected chi connectivity index (χ4v) is 10.3. The number of hydrogen-bond donors (Lipinski definition) is 0. The monoisotopic (exact) mass is 920 g/mol. The molecule has 0 aliphatic carbocycles. The van der Waals surface area contributed by atoms with Crippen LogP contribution >= 0.6 is 0 Å². The second kappa shape index (κ2) is 22.4. The molecule has 0 bridgehead atoms. The molecule has 352 valence electrons. The highest BCUT2D eigenvalue weighted by Crippen LogP contribution is 2.48. The molecule has 4 nitrogen and oxygen atoms in total. The lowest BCUT2D eigenvalue weighted by Gasteiger charge is -2.21. The highest BCUT2D eigenvalue weighted by molar-refractivity contribution is 6.36. The molecule has 0 amide bonds. The highest BCUT2D eigenvalue weighted by atomic mass is 16.5. The topological polar surface area (TPSA) is 52.6 Å². The van der Waals surface area contributed by atoms with Gasteiger partial charge in [0.05, 0.1) is 0 Å². The van der Waals surface area contributed by atoms with Crippen molar-refractivity contribution in [1.29, 1.82) is 0 Å². The molecular weight excluding hydrogens is 857 g/mol. The van der Waals surface area contributed by atoms with Gasteiger partial charge in [-0.15, -0.1) is 0 Å². The molecule has 4 heteroatoms. The molecule has 0 unspecified atom stereocenters. The molecule has 0 saturated carbocycles. The molecule has 0 fully saturated rings. The Hall–Kier alpha value is -7.30. The number of hydrogen-bond acceptors (Lipinski definition) is 4. The van der Waals surface area contributed by atoms with Gasteiger partial charge in [0.15, 0.2) is 0 Å². The normalized spacial score (nSPS) is 11.5. The first-order valence-corrected chi connectivity index (χ1v) is 25.5. The summed E-state index contributed by atoms with van der Waals surface area (Å²) in [5, 5.41) is 9.57. The van der Waals surface area contributed by atoms with Gasteiger partial charge in [-0.3, -0.25) is 9.59 Å². The SMILES string of the molecule is C=Cc1cc2c(-c3ccccc3-c3ccc(COC(=O)CCCCCCC)cc3)ccc3c4cc(C=C)cc5c(-c6ccccc6-c6ccc(COC(=O)CCCCCCC)cc6)ccc(c(c1)c23)c54. The molecule has 0 aliphatic rings. The predicted molar refractivity (Wildman–Crippen MR) is 296 cm³/mol. The maximum Gasteiger partial charge on any atom is 0.306 e. The fraction of sp³-hybridized carbons (Fsp3) is 0.242. The number of carbonyl (C=O) groups is 2. The summed E-state index contributed by atoms with van der Waals surface area (Å²) in [5.74, 6) is -0.256. The van der Waals surface area contributed by atoms with Crippen LogP contribution in [0.25, 0.3) is 99.7 Å². The van der Waals surface area contributed by atoms with Crippen LogP contribution in [0.15, 0.2) is 159 Å². The van der Waals surface area contributed by atoms with Crippen molar-refractivity contribution in [2.45, 2.75) is 104 Å². The van der Waals surface area contributed by atoms with E-state index in [1.54, 1.807) is 0 Å². The van der Waals surface area contributed by atoms with Crippen molar-refractivity contribution in [1.82, 2.24) is 0 Å². The third-order valence-electron chi connectivity index (χ3n) is 14.1. The molecule has 0 aromatic heterocycles. The van der Waals surface area contributed by atoms with Crippen LogP contribution in [0.1, 0.15) is 113 Å². The summed E-state index contributed by atoms with van der Waals surface area (Å²) in [5.41, 5.74) is 13.2. The lowest BCUT2D eigenvalue weighted by atomic mass is 9.82. The Labute approximate surface area is 414 Å². The van der Waals surface area contributed by atoms with E-state index in [0.717, 1.165) is 92.4 Å². The van der Waals surface area contributed by atoms with Crippen LogP contribution in [-0.2, 0) is 32.3 Å². The first-order valence-electron chi connectivity index (χ1n) is 25.5. The summed E-state index contributed by atoms with van der Waals surface area (Å²) in [6, 6.07) is 52.5. The summed E-state index contributed by atoms with van der Waals surface area (Å²) >= 11 is 0. The first-order chi connectivity index (χ1) is 34.4. The van der Waals surface area contributed by atoms with Gasteiger partial charge < -0.3 is 9.47 Å². The van der Waals surface area contributed by atoms with E-state index in [-0.39, 0.29) is 25.2 Å². The average Bonchev–Trinajstić information content (AvgIpc) is 3.40. The maximum absolute atomic E-state index is 12.5. The molecule has 9 rings (SSSR count). The van der Waals surface area contributed by atoms with Crippen LogP contribution in [-0.4, -0.2) is 11.9 Å².